The first-order valence-corrected chi connectivity index (χ1v) is 6.04. The summed E-state index contributed by atoms with van der Waals surface area (Å²) in [4.78, 5) is 4.58. The normalized spacial score (nSPS) is 25.4. The van der Waals surface area contributed by atoms with Gasteiger partial charge in [0.15, 0.2) is 5.82 Å². The van der Waals surface area contributed by atoms with Crippen molar-refractivity contribution < 1.29 is 0 Å². The molecule has 1 N–H and O–H groups in total. The third-order valence-corrected chi connectivity index (χ3v) is 3.70. The van der Waals surface area contributed by atoms with Gasteiger partial charge >= 0.3 is 0 Å². The number of hydrogen-bond donors (Lipinski definition) is 1. The van der Waals surface area contributed by atoms with Gasteiger partial charge in [0.2, 0.25) is 0 Å². The number of nitrogens with zero attached hydrogens (tertiary/aromatic N) is 2. The Morgan fingerprint density at radius 1 is 1.40 bits per heavy atom. The molecule has 0 radical (unpaired) electrons. The van der Waals surface area contributed by atoms with Crippen LogP contribution < -0.4 is 0 Å². The number of nitrogens with one attached hydrogen (secondary N) is 1. The summed E-state index contributed by atoms with van der Waals surface area (Å²) in [6.45, 7) is 6.80. The van der Waals surface area contributed by atoms with Gasteiger partial charge in [-0.2, -0.15) is 5.10 Å². The van der Waals surface area contributed by atoms with Crippen molar-refractivity contribution in [2.24, 2.45) is 5.41 Å². The van der Waals surface area contributed by atoms with Crippen molar-refractivity contribution in [3.8, 4) is 0 Å². The minimum Gasteiger partial charge on any atom is -0.263 e. The van der Waals surface area contributed by atoms with Crippen molar-refractivity contribution in [1.82, 2.24) is 15.2 Å². The molecule has 1 fully saturated rings. The molecular formula is C12H21N3. The minimum absolute atomic E-state index is 0.367. The van der Waals surface area contributed by atoms with Crippen molar-refractivity contribution in [3.05, 3.63) is 11.6 Å². The van der Waals surface area contributed by atoms with Crippen molar-refractivity contribution in [3.63, 3.8) is 0 Å². The monoisotopic (exact) mass is 207 g/mol. The molecule has 1 heterocycles. The second-order valence-electron chi connectivity index (χ2n) is 5.28. The molecule has 1 aromatic heterocycles. The van der Waals surface area contributed by atoms with E-state index in [0.717, 1.165) is 18.1 Å². The van der Waals surface area contributed by atoms with Crippen LogP contribution in [-0.2, 0) is 6.42 Å². The topological polar surface area (TPSA) is 41.6 Å². The van der Waals surface area contributed by atoms with Crippen LogP contribution in [0, 0.1) is 5.41 Å². The number of hydrogen-bond acceptors (Lipinski definition) is 2. The molecule has 0 spiro atoms. The molecule has 1 saturated carbocycles. The molecule has 0 aliphatic heterocycles. The summed E-state index contributed by atoms with van der Waals surface area (Å²) in [5, 5.41) is 7.40. The number of aryl methyl sites for hydroxylation is 1. The average Bonchev–Trinajstić information content (AvgIpc) is 2.65. The van der Waals surface area contributed by atoms with E-state index in [1.807, 2.05) is 0 Å². The molecule has 1 aliphatic rings. The molecule has 1 aliphatic carbocycles. The maximum absolute atomic E-state index is 4.58. The Balaban J connectivity index is 2.21. The molecule has 15 heavy (non-hydrogen) atoms. The Labute approximate surface area is 91.7 Å². The van der Waals surface area contributed by atoms with Crippen molar-refractivity contribution in [2.75, 3.05) is 0 Å². The summed E-state index contributed by atoms with van der Waals surface area (Å²) >= 11 is 0. The number of aromatic nitrogens is 3. The zero-order valence-electron chi connectivity index (χ0n) is 10.0. The van der Waals surface area contributed by atoms with E-state index in [9.17, 15) is 0 Å². The van der Waals surface area contributed by atoms with Gasteiger partial charge < -0.3 is 0 Å². The van der Waals surface area contributed by atoms with Crippen LogP contribution in [0.25, 0.3) is 0 Å². The Kier molecular flexibility index (Phi) is 2.81. The Morgan fingerprint density at radius 3 is 2.80 bits per heavy atom. The maximum Gasteiger partial charge on any atom is 0.154 e. The first-order valence-electron chi connectivity index (χ1n) is 6.04. The van der Waals surface area contributed by atoms with Crippen molar-refractivity contribution in [2.45, 2.75) is 58.8 Å². The summed E-state index contributed by atoms with van der Waals surface area (Å²) in [5.41, 5.74) is 0.367. The quantitative estimate of drug-likeness (QED) is 0.809. The largest absolute Gasteiger partial charge is 0.263 e. The molecule has 84 valence electrons. The highest BCUT2D eigenvalue weighted by atomic mass is 15.2. The lowest BCUT2D eigenvalue weighted by atomic mass is 9.68. The highest BCUT2D eigenvalue weighted by molar-refractivity contribution is 5.05. The van der Waals surface area contributed by atoms with Crippen LogP contribution in [0.4, 0.5) is 0 Å². The molecule has 1 atom stereocenters. The van der Waals surface area contributed by atoms with Crippen LogP contribution in [0.2, 0.25) is 0 Å². The van der Waals surface area contributed by atoms with E-state index in [4.69, 9.17) is 0 Å². The van der Waals surface area contributed by atoms with Gasteiger partial charge in [-0.25, -0.2) is 4.98 Å². The third-order valence-electron chi connectivity index (χ3n) is 3.70. The van der Waals surface area contributed by atoms with Crippen LogP contribution in [0.15, 0.2) is 0 Å². The Morgan fingerprint density at radius 2 is 2.20 bits per heavy atom. The zero-order valence-corrected chi connectivity index (χ0v) is 10.0. The minimum atomic E-state index is 0.367. The van der Waals surface area contributed by atoms with Gasteiger partial charge in [0, 0.05) is 12.3 Å². The fourth-order valence-electron chi connectivity index (χ4n) is 2.60. The second kappa shape index (κ2) is 3.95. The first-order chi connectivity index (χ1) is 7.13. The van der Waals surface area contributed by atoms with Crippen molar-refractivity contribution >= 4 is 0 Å². The highest BCUT2D eigenvalue weighted by Gasteiger charge is 2.35. The number of H-pyrrole nitrogens is 1. The lowest BCUT2D eigenvalue weighted by Crippen LogP contribution is -2.26. The number of aromatic amines is 1. The highest BCUT2D eigenvalue weighted by Crippen LogP contribution is 2.45. The van der Waals surface area contributed by atoms with Crippen LogP contribution in [0.1, 0.15) is 64.0 Å². The fourth-order valence-corrected chi connectivity index (χ4v) is 2.60. The van der Waals surface area contributed by atoms with Crippen LogP contribution in [-0.4, -0.2) is 15.2 Å². The molecule has 0 aromatic carbocycles. The molecule has 0 saturated heterocycles. The zero-order chi connectivity index (χ0) is 10.9. The van der Waals surface area contributed by atoms with Crippen LogP contribution in [0.3, 0.4) is 0 Å². The standard InChI is InChI=1S/C12H21N3/c1-4-10-13-11(15-14-10)9-7-5-6-8-12(9,2)3/h9H,4-8H2,1-3H3,(H,13,14,15). The smallest absolute Gasteiger partial charge is 0.154 e. The Hall–Kier alpha value is -0.860. The van der Waals surface area contributed by atoms with Gasteiger partial charge in [0.25, 0.3) is 0 Å². The van der Waals surface area contributed by atoms with E-state index >= 15 is 0 Å². The first kappa shape index (κ1) is 10.7. The summed E-state index contributed by atoms with van der Waals surface area (Å²) in [6, 6.07) is 0. The third kappa shape index (κ3) is 2.06. The predicted octanol–water partition coefficient (Wildman–Crippen LogP) is 3.05. The van der Waals surface area contributed by atoms with Gasteiger partial charge in [-0.15, -0.1) is 0 Å². The molecule has 1 unspecified atom stereocenters. The summed E-state index contributed by atoms with van der Waals surface area (Å²) in [5.74, 6) is 2.60. The lowest BCUT2D eigenvalue weighted by Gasteiger charge is -2.36. The molecule has 2 rings (SSSR count). The average molecular weight is 207 g/mol. The van der Waals surface area contributed by atoms with E-state index in [-0.39, 0.29) is 0 Å². The van der Waals surface area contributed by atoms with Crippen molar-refractivity contribution in [1.29, 1.82) is 0 Å². The summed E-state index contributed by atoms with van der Waals surface area (Å²) < 4.78 is 0. The van der Waals surface area contributed by atoms with E-state index in [1.54, 1.807) is 0 Å². The van der Waals surface area contributed by atoms with Gasteiger partial charge in [-0.3, -0.25) is 5.10 Å². The Bertz CT molecular complexity index is 327. The SMILES string of the molecule is CCc1nc(C2CCCCC2(C)C)n[nH]1. The van der Waals surface area contributed by atoms with E-state index in [0.29, 0.717) is 11.3 Å². The van der Waals surface area contributed by atoms with Crippen LogP contribution in [0.5, 0.6) is 0 Å². The summed E-state index contributed by atoms with van der Waals surface area (Å²) in [6.07, 6.45) is 6.17. The second-order valence-corrected chi connectivity index (χ2v) is 5.28. The predicted molar refractivity (Wildman–Crippen MR) is 60.8 cm³/mol. The molecule has 3 heteroatoms. The van der Waals surface area contributed by atoms with Gasteiger partial charge in [-0.05, 0) is 18.3 Å². The van der Waals surface area contributed by atoms with E-state index in [2.05, 4.69) is 36.0 Å². The van der Waals surface area contributed by atoms with Crippen LogP contribution >= 0.6 is 0 Å². The molecule has 1 aromatic rings. The number of rotatable bonds is 2. The molecule has 3 nitrogen and oxygen atoms in total. The fraction of sp³-hybridized carbons (Fsp3) is 0.833. The molecule has 0 amide bonds. The maximum atomic E-state index is 4.58. The summed E-state index contributed by atoms with van der Waals surface area (Å²) in [7, 11) is 0. The van der Waals surface area contributed by atoms with Gasteiger partial charge in [-0.1, -0.05) is 33.6 Å². The van der Waals surface area contributed by atoms with Gasteiger partial charge in [0.05, 0.1) is 0 Å². The molecule has 0 bridgehead atoms. The van der Waals surface area contributed by atoms with E-state index < -0.39 is 0 Å². The lowest BCUT2D eigenvalue weighted by molar-refractivity contribution is 0.192. The molecular weight excluding hydrogens is 186 g/mol. The van der Waals surface area contributed by atoms with E-state index in [1.165, 1.54) is 25.7 Å². The van der Waals surface area contributed by atoms with Gasteiger partial charge in [0.1, 0.15) is 5.82 Å².